The van der Waals surface area contributed by atoms with Gasteiger partial charge in [0.1, 0.15) is 36.3 Å². The molecule has 7 atom stereocenters. The Bertz CT molecular complexity index is 2360. The zero-order chi connectivity index (χ0) is 49.1. The van der Waals surface area contributed by atoms with Crippen LogP contribution in [-0.4, -0.2) is 146 Å². The van der Waals surface area contributed by atoms with E-state index in [9.17, 15) is 48.8 Å². The molecule has 0 spiro atoms. The van der Waals surface area contributed by atoms with Gasteiger partial charge in [0.25, 0.3) is 5.96 Å². The van der Waals surface area contributed by atoms with Crippen LogP contribution in [0.15, 0.2) is 65.8 Å². The van der Waals surface area contributed by atoms with E-state index in [0.717, 1.165) is 10.9 Å². The van der Waals surface area contributed by atoms with Gasteiger partial charge in [-0.3, -0.25) is 28.8 Å². The minimum atomic E-state index is -1.32. The van der Waals surface area contributed by atoms with Crippen LogP contribution in [0.5, 0.6) is 0 Å². The molecule has 3 aliphatic heterocycles. The monoisotopic (exact) mass is 942 g/mol. The van der Waals surface area contributed by atoms with Crippen molar-refractivity contribution in [2.24, 2.45) is 22.4 Å². The summed E-state index contributed by atoms with van der Waals surface area (Å²) >= 11 is 0. The maximum atomic E-state index is 14.4. The molecule has 366 valence electrons. The number of carbonyl (C=O) groups is 7. The molecule has 22 heteroatoms. The summed E-state index contributed by atoms with van der Waals surface area (Å²) in [5.41, 5.74) is 15.6. The van der Waals surface area contributed by atoms with E-state index >= 15 is 0 Å². The van der Waals surface area contributed by atoms with Crippen molar-refractivity contribution in [3.63, 3.8) is 0 Å². The summed E-state index contributed by atoms with van der Waals surface area (Å²) in [4.78, 5) is 119. The van der Waals surface area contributed by atoms with Gasteiger partial charge >= 0.3 is 5.97 Å². The number of hydrogen-bond acceptors (Lipinski definition) is 11. The quantitative estimate of drug-likeness (QED) is 0.0249. The number of nitrogens with one attached hydrogen (secondary N) is 5. The maximum Gasteiger partial charge on any atom is 0.326 e. The number of rotatable bonds is 20. The Kier molecular flexibility index (Phi) is 17.1. The molecule has 3 saturated heterocycles. The summed E-state index contributed by atoms with van der Waals surface area (Å²) in [5.74, 6) is -5.24. The number of aliphatic carboxylic acids is 1. The Morgan fingerprint density at radius 1 is 0.809 bits per heavy atom. The van der Waals surface area contributed by atoms with Crippen molar-refractivity contribution in [3.05, 3.63) is 82.0 Å². The van der Waals surface area contributed by atoms with Crippen molar-refractivity contribution in [2.45, 2.75) is 120 Å². The second kappa shape index (κ2) is 23.1. The molecule has 3 aromatic rings. The number of hydrogen-bond donors (Lipinski definition) is 8. The molecular weight excluding hydrogens is 881 g/mol. The zero-order valence-corrected chi connectivity index (χ0v) is 38.3. The SMILES string of the molecule is CC(C)[C@H](NC(=O)[C@@H]1CCCN1C(=O)[C@@H]1CCCN1C(=O)[C@@H](N)CCCN=C(N)N[N+](=O)[O-])C(=O)N1CCC[C@H]1C(=O)N[C@@H](Cc1ccccc1)C(=O)N[C@@H](Cc1c[nH]c2ccccc12)C(=O)O. The second-order valence-corrected chi connectivity index (χ2v) is 17.9. The van der Waals surface area contributed by atoms with E-state index in [-0.39, 0.29) is 51.3 Å². The lowest BCUT2D eigenvalue weighted by atomic mass is 10.0. The smallest absolute Gasteiger partial charge is 0.326 e. The molecule has 0 saturated carbocycles. The van der Waals surface area contributed by atoms with Gasteiger partial charge < -0.3 is 52.2 Å². The predicted octanol–water partition coefficient (Wildman–Crippen LogP) is 0.325. The third kappa shape index (κ3) is 12.5. The molecule has 3 fully saturated rings. The van der Waals surface area contributed by atoms with Crippen molar-refractivity contribution in [1.29, 1.82) is 0 Å². The van der Waals surface area contributed by atoms with Gasteiger partial charge in [0.2, 0.25) is 35.4 Å². The Labute approximate surface area is 393 Å². The number of carboxylic acids is 1. The molecule has 0 bridgehead atoms. The third-order valence-corrected chi connectivity index (χ3v) is 12.8. The number of guanidine groups is 1. The first-order valence-electron chi connectivity index (χ1n) is 23.1. The number of nitro groups is 1. The average Bonchev–Trinajstić information content (AvgIpc) is 4.16. The van der Waals surface area contributed by atoms with Crippen molar-refractivity contribution in [2.75, 3.05) is 26.2 Å². The van der Waals surface area contributed by atoms with Crippen LogP contribution in [-0.2, 0) is 46.4 Å². The molecule has 1 aromatic heterocycles. The van der Waals surface area contributed by atoms with Crippen molar-refractivity contribution in [1.82, 2.24) is 41.1 Å². The van der Waals surface area contributed by atoms with E-state index in [2.05, 4.69) is 25.9 Å². The topological polar surface area (TPSA) is 321 Å². The fourth-order valence-electron chi connectivity index (χ4n) is 9.32. The molecule has 0 unspecified atom stereocenters. The van der Waals surface area contributed by atoms with E-state index in [1.54, 1.807) is 49.7 Å². The molecule has 0 radical (unpaired) electrons. The molecule has 22 nitrogen and oxygen atoms in total. The lowest BCUT2D eigenvalue weighted by molar-refractivity contribution is -0.525. The molecule has 68 heavy (non-hydrogen) atoms. The van der Waals surface area contributed by atoms with Crippen LogP contribution in [0, 0.1) is 16.0 Å². The van der Waals surface area contributed by atoms with Gasteiger partial charge in [0.05, 0.1) is 6.04 Å². The van der Waals surface area contributed by atoms with Crippen molar-refractivity contribution >= 4 is 58.3 Å². The van der Waals surface area contributed by atoms with Gasteiger partial charge in [-0.1, -0.05) is 67.8 Å². The first-order valence-corrected chi connectivity index (χ1v) is 23.1. The van der Waals surface area contributed by atoms with Crippen LogP contribution >= 0.6 is 0 Å². The van der Waals surface area contributed by atoms with Crippen LogP contribution in [0.2, 0.25) is 0 Å². The Hall–Kier alpha value is -7.10. The number of aliphatic imine (C=N–C) groups is 1. The van der Waals surface area contributed by atoms with E-state index < -0.39 is 94.7 Å². The number of aromatic amines is 1. The Morgan fingerprint density at radius 3 is 2.07 bits per heavy atom. The van der Waals surface area contributed by atoms with E-state index in [1.807, 2.05) is 30.3 Å². The van der Waals surface area contributed by atoms with Crippen LogP contribution < -0.4 is 32.8 Å². The summed E-state index contributed by atoms with van der Waals surface area (Å²) < 4.78 is 0. The molecule has 0 aliphatic carbocycles. The van der Waals surface area contributed by atoms with Gasteiger partial charge in [-0.05, 0) is 74.5 Å². The van der Waals surface area contributed by atoms with E-state index in [1.165, 1.54) is 14.7 Å². The lowest BCUT2D eigenvalue weighted by Gasteiger charge is -2.34. The number of carbonyl (C=O) groups excluding carboxylic acids is 6. The largest absolute Gasteiger partial charge is 0.480 e. The van der Waals surface area contributed by atoms with Crippen LogP contribution in [0.3, 0.4) is 0 Å². The van der Waals surface area contributed by atoms with Crippen LogP contribution in [0.4, 0.5) is 0 Å². The summed E-state index contributed by atoms with van der Waals surface area (Å²) in [6.07, 6.45) is 4.74. The highest BCUT2D eigenvalue weighted by Crippen LogP contribution is 2.27. The average molecular weight is 943 g/mol. The standard InChI is InChI=1S/C46H62N12O10/c1-27(2)38(53-41(61)36-18-9-21-55(36)43(63)37-19-11-23-57(37)42(62)31(47)15-8-20-49-46(48)54-58(67)68)44(64)56-22-10-17-35(56)40(60)51-33(24-28-12-4-3-5-13-28)39(59)52-34(45(65)66)25-29-26-50-32-16-7-6-14-30(29)32/h3-7,12-14,16,26-27,31,33-38,50H,8-11,15,17-25,47H2,1-2H3,(H,51,60)(H,52,59)(H,53,61)(H,65,66)(H3,48,49,54)/t31-,33-,34-,35-,36-,37-,38-/m0/s1. The highest BCUT2D eigenvalue weighted by molar-refractivity contribution is 5.98. The second-order valence-electron chi connectivity index (χ2n) is 17.9. The van der Waals surface area contributed by atoms with Crippen LogP contribution in [0.25, 0.3) is 10.9 Å². The van der Waals surface area contributed by atoms with Gasteiger partial charge in [0, 0.05) is 56.1 Å². The minimum Gasteiger partial charge on any atom is -0.480 e. The van der Waals surface area contributed by atoms with Gasteiger partial charge in [-0.25, -0.2) is 19.9 Å². The van der Waals surface area contributed by atoms with Crippen molar-refractivity contribution < 1.29 is 43.7 Å². The molecular formula is C46H62N12O10. The number of amides is 6. The number of H-pyrrole nitrogens is 1. The molecule has 2 aromatic carbocycles. The van der Waals surface area contributed by atoms with E-state index in [4.69, 9.17) is 11.5 Å². The third-order valence-electron chi connectivity index (χ3n) is 12.8. The fraction of sp³-hybridized carbons (Fsp3) is 0.522. The number of para-hydroxylation sites is 1. The molecule has 3 aliphatic rings. The number of likely N-dealkylation sites (tertiary alicyclic amines) is 3. The maximum absolute atomic E-state index is 14.4. The van der Waals surface area contributed by atoms with E-state index in [0.29, 0.717) is 56.2 Å². The number of benzene rings is 2. The lowest BCUT2D eigenvalue weighted by Crippen LogP contribution is -2.60. The van der Waals surface area contributed by atoms with Gasteiger partial charge in [0.15, 0.2) is 5.03 Å². The predicted molar refractivity (Wildman–Crippen MR) is 248 cm³/mol. The number of aromatic nitrogens is 1. The van der Waals surface area contributed by atoms with Gasteiger partial charge in [-0.15, -0.1) is 0 Å². The molecule has 6 rings (SSSR count). The molecule has 6 amide bonds. The normalized spacial score (nSPS) is 20.1. The molecule has 4 heterocycles. The summed E-state index contributed by atoms with van der Waals surface area (Å²) in [5, 5.41) is 29.1. The Morgan fingerprint density at radius 2 is 1.41 bits per heavy atom. The number of hydrazine groups is 1. The summed E-state index contributed by atoms with van der Waals surface area (Å²) in [7, 11) is 0. The first kappa shape index (κ1) is 50.3. The zero-order valence-electron chi connectivity index (χ0n) is 38.3. The van der Waals surface area contributed by atoms with Gasteiger partial charge in [-0.2, -0.15) is 0 Å². The number of fused-ring (bicyclic) bond motifs is 1. The number of nitrogens with zero attached hydrogens (tertiary/aromatic N) is 5. The Balaban J connectivity index is 1.09. The highest BCUT2D eigenvalue weighted by Gasteiger charge is 2.45. The van der Waals surface area contributed by atoms with Crippen LogP contribution in [0.1, 0.15) is 76.3 Å². The number of nitrogens with two attached hydrogens (primary N) is 2. The number of carboxylic acid groups (broad SMARTS) is 1. The minimum absolute atomic E-state index is 0.0183. The first-order chi connectivity index (χ1) is 32.5. The summed E-state index contributed by atoms with van der Waals surface area (Å²) in [6, 6.07) is 9.05. The highest BCUT2D eigenvalue weighted by atomic mass is 16.7. The molecule has 10 N–H and O–H groups in total. The van der Waals surface area contributed by atoms with Crippen molar-refractivity contribution in [3.8, 4) is 0 Å². The summed E-state index contributed by atoms with van der Waals surface area (Å²) in [6.45, 7) is 4.38. The fourth-order valence-corrected chi connectivity index (χ4v) is 9.32.